The molecule has 1 aromatic rings. The van der Waals surface area contributed by atoms with Crippen LogP contribution in [0.15, 0.2) is 72.9 Å². The third-order valence-corrected chi connectivity index (χ3v) is 3.97. The molecule has 0 aliphatic carbocycles. The third-order valence-electron chi connectivity index (χ3n) is 3.97. The zero-order chi connectivity index (χ0) is 22.1. The van der Waals surface area contributed by atoms with Crippen molar-refractivity contribution in [3.8, 4) is 5.75 Å². The van der Waals surface area contributed by atoms with Crippen molar-refractivity contribution in [2.75, 3.05) is 13.7 Å². The van der Waals surface area contributed by atoms with Crippen LogP contribution in [0.5, 0.6) is 5.75 Å². The summed E-state index contributed by atoms with van der Waals surface area (Å²) in [4.78, 5) is 10.9. The molecule has 0 aliphatic heterocycles. The van der Waals surface area contributed by atoms with E-state index in [4.69, 9.17) is 4.74 Å². The van der Waals surface area contributed by atoms with E-state index in [1.807, 2.05) is 12.2 Å². The molecular weight excluding hydrogens is 393 g/mol. The summed E-state index contributed by atoms with van der Waals surface area (Å²) in [6, 6.07) is 4.86. The third kappa shape index (κ3) is 12.6. The standard InChI is InChI=1S/C24H29F3O3/c1-29-23(28)18-13-11-9-7-5-3-2-4-6-8-10-12-14-19-30-22-17-15-16-21(20-22)24(25,26)27/h2-3,6-9,12,14-17,20H,4-5,10-11,13,18-19H2,1H3/b3-2+,8-6+,9-7+,14-12+. The van der Waals surface area contributed by atoms with E-state index in [0.29, 0.717) is 6.42 Å². The molecule has 0 N–H and O–H groups in total. The van der Waals surface area contributed by atoms with Gasteiger partial charge in [0.2, 0.25) is 0 Å². The molecule has 0 radical (unpaired) electrons. The van der Waals surface area contributed by atoms with Crippen molar-refractivity contribution in [3.63, 3.8) is 0 Å². The lowest BCUT2D eigenvalue weighted by Crippen LogP contribution is -2.05. The topological polar surface area (TPSA) is 35.5 Å². The van der Waals surface area contributed by atoms with Gasteiger partial charge >= 0.3 is 12.1 Å². The van der Waals surface area contributed by atoms with E-state index < -0.39 is 11.7 Å². The SMILES string of the molecule is COC(=O)CCC/C=C/C/C=C/C/C=C/C/C=C/COc1cccc(C(F)(F)F)c1. The predicted molar refractivity (Wildman–Crippen MR) is 113 cm³/mol. The Labute approximate surface area is 176 Å². The van der Waals surface area contributed by atoms with Gasteiger partial charge in [-0.25, -0.2) is 0 Å². The Bertz CT molecular complexity index is 731. The fraction of sp³-hybridized carbons (Fsp3) is 0.375. The van der Waals surface area contributed by atoms with Gasteiger partial charge in [0.15, 0.2) is 0 Å². The molecule has 30 heavy (non-hydrogen) atoms. The van der Waals surface area contributed by atoms with Crippen molar-refractivity contribution < 1.29 is 27.4 Å². The maximum Gasteiger partial charge on any atom is 0.416 e. The predicted octanol–water partition coefficient (Wildman–Crippen LogP) is 6.82. The normalized spacial score (nSPS) is 12.5. The van der Waals surface area contributed by atoms with Gasteiger partial charge in [-0.1, -0.05) is 54.7 Å². The molecule has 1 rings (SSSR count). The minimum absolute atomic E-state index is 0.173. The number of benzene rings is 1. The van der Waals surface area contributed by atoms with Crippen LogP contribution in [-0.2, 0) is 15.7 Å². The fourth-order valence-electron chi connectivity index (χ4n) is 2.37. The Kier molecular flexibility index (Phi) is 12.7. The van der Waals surface area contributed by atoms with Gasteiger partial charge in [0.05, 0.1) is 12.7 Å². The number of methoxy groups -OCH3 is 1. The Morgan fingerprint density at radius 3 is 2.13 bits per heavy atom. The van der Waals surface area contributed by atoms with Gasteiger partial charge in [0.25, 0.3) is 0 Å². The molecule has 0 fully saturated rings. The van der Waals surface area contributed by atoms with Crippen LogP contribution in [0.1, 0.15) is 44.1 Å². The van der Waals surface area contributed by atoms with Gasteiger partial charge in [-0.3, -0.25) is 4.79 Å². The lowest BCUT2D eigenvalue weighted by atomic mass is 10.2. The van der Waals surface area contributed by atoms with E-state index in [9.17, 15) is 18.0 Å². The van der Waals surface area contributed by atoms with E-state index in [-0.39, 0.29) is 18.3 Å². The number of carbonyl (C=O) groups excluding carboxylic acids is 1. The number of rotatable bonds is 13. The number of halogens is 3. The molecule has 1 aromatic carbocycles. The van der Waals surface area contributed by atoms with E-state index in [1.165, 1.54) is 19.2 Å². The highest BCUT2D eigenvalue weighted by Gasteiger charge is 2.30. The maximum atomic E-state index is 12.6. The number of carbonyl (C=O) groups is 1. The van der Waals surface area contributed by atoms with Gasteiger partial charge in [0, 0.05) is 6.42 Å². The van der Waals surface area contributed by atoms with Crippen molar-refractivity contribution in [1.82, 2.24) is 0 Å². The van der Waals surface area contributed by atoms with E-state index in [2.05, 4.69) is 35.1 Å². The molecule has 0 heterocycles. The highest BCUT2D eigenvalue weighted by atomic mass is 19.4. The summed E-state index contributed by atoms with van der Waals surface area (Å²) in [6.07, 6.45) is 16.3. The number of allylic oxidation sites excluding steroid dienone is 7. The first-order valence-corrected chi connectivity index (χ1v) is 9.90. The Balaban J connectivity index is 2.09. The van der Waals surface area contributed by atoms with Crippen LogP contribution in [0.2, 0.25) is 0 Å². The average molecular weight is 422 g/mol. The second-order valence-electron chi connectivity index (χ2n) is 6.40. The van der Waals surface area contributed by atoms with Gasteiger partial charge in [-0.2, -0.15) is 13.2 Å². The first kappa shape index (κ1) is 25.3. The summed E-state index contributed by atoms with van der Waals surface area (Å²) in [6.45, 7) is 0.223. The van der Waals surface area contributed by atoms with Crippen molar-refractivity contribution >= 4 is 5.97 Å². The minimum atomic E-state index is -4.36. The quantitative estimate of drug-likeness (QED) is 0.199. The molecule has 0 saturated heterocycles. The van der Waals surface area contributed by atoms with Gasteiger partial charge < -0.3 is 9.47 Å². The smallest absolute Gasteiger partial charge is 0.416 e. The second-order valence-corrected chi connectivity index (χ2v) is 6.40. The summed E-state index contributed by atoms with van der Waals surface area (Å²) in [5.41, 5.74) is -0.714. The summed E-state index contributed by atoms with van der Waals surface area (Å²) >= 11 is 0. The summed E-state index contributed by atoms with van der Waals surface area (Å²) in [7, 11) is 1.40. The van der Waals surface area contributed by atoms with Crippen molar-refractivity contribution in [2.45, 2.75) is 44.7 Å². The molecule has 0 atom stereocenters. The first-order chi connectivity index (χ1) is 14.4. The van der Waals surface area contributed by atoms with Gasteiger partial charge in [0.1, 0.15) is 12.4 Å². The zero-order valence-corrected chi connectivity index (χ0v) is 17.2. The summed E-state index contributed by atoms with van der Waals surface area (Å²) in [5, 5.41) is 0. The Morgan fingerprint density at radius 2 is 1.53 bits per heavy atom. The summed E-state index contributed by atoms with van der Waals surface area (Å²) in [5.74, 6) is 0.0286. The highest BCUT2D eigenvalue weighted by molar-refractivity contribution is 5.69. The minimum Gasteiger partial charge on any atom is -0.490 e. The van der Waals surface area contributed by atoms with Crippen LogP contribution in [-0.4, -0.2) is 19.7 Å². The van der Waals surface area contributed by atoms with Gasteiger partial charge in [-0.05, 0) is 50.3 Å². The number of ether oxygens (including phenoxy) is 2. The lowest BCUT2D eigenvalue weighted by molar-refractivity contribution is -0.140. The van der Waals surface area contributed by atoms with Gasteiger partial charge in [-0.15, -0.1) is 0 Å². The van der Waals surface area contributed by atoms with Crippen LogP contribution in [0.3, 0.4) is 0 Å². The molecule has 0 unspecified atom stereocenters. The molecule has 164 valence electrons. The molecule has 0 amide bonds. The number of unbranched alkanes of at least 4 members (excludes halogenated alkanes) is 1. The molecule has 0 aliphatic rings. The molecule has 3 nitrogen and oxygen atoms in total. The number of hydrogen-bond donors (Lipinski definition) is 0. The molecule has 0 spiro atoms. The van der Waals surface area contributed by atoms with E-state index >= 15 is 0 Å². The first-order valence-electron chi connectivity index (χ1n) is 9.90. The Morgan fingerprint density at radius 1 is 0.933 bits per heavy atom. The van der Waals surface area contributed by atoms with Crippen LogP contribution in [0, 0.1) is 0 Å². The number of alkyl halides is 3. The molecule has 6 heteroatoms. The molecule has 0 aromatic heterocycles. The number of esters is 1. The average Bonchev–Trinajstić information content (AvgIpc) is 2.72. The lowest BCUT2D eigenvalue weighted by Gasteiger charge is -2.08. The van der Waals surface area contributed by atoms with Crippen molar-refractivity contribution in [2.24, 2.45) is 0 Å². The maximum absolute atomic E-state index is 12.6. The second kappa shape index (κ2) is 15.1. The monoisotopic (exact) mass is 422 g/mol. The summed E-state index contributed by atoms with van der Waals surface area (Å²) < 4.78 is 47.8. The van der Waals surface area contributed by atoms with Crippen molar-refractivity contribution in [3.05, 3.63) is 78.4 Å². The largest absolute Gasteiger partial charge is 0.490 e. The molecular formula is C24H29F3O3. The highest BCUT2D eigenvalue weighted by Crippen LogP contribution is 2.31. The fourth-order valence-corrected chi connectivity index (χ4v) is 2.37. The van der Waals surface area contributed by atoms with E-state index in [1.54, 1.807) is 6.08 Å². The molecule has 0 saturated carbocycles. The van der Waals surface area contributed by atoms with E-state index in [0.717, 1.165) is 44.2 Å². The van der Waals surface area contributed by atoms with Crippen molar-refractivity contribution in [1.29, 1.82) is 0 Å². The number of hydrogen-bond acceptors (Lipinski definition) is 3. The van der Waals surface area contributed by atoms with Crippen LogP contribution >= 0.6 is 0 Å². The zero-order valence-electron chi connectivity index (χ0n) is 17.2. The van der Waals surface area contributed by atoms with Crippen LogP contribution in [0.25, 0.3) is 0 Å². The Hall–Kier alpha value is -2.76. The van der Waals surface area contributed by atoms with Crippen LogP contribution in [0.4, 0.5) is 13.2 Å². The van der Waals surface area contributed by atoms with Crippen LogP contribution < -0.4 is 4.74 Å². The molecule has 0 bridgehead atoms.